The average Bonchev–Trinajstić information content (AvgIpc) is 2.96. The second-order valence-corrected chi connectivity index (χ2v) is 5.91. The standard InChI is InChI=1S/C19H18F3NO/c20-19(21,22)18(24)15-9-7-14(8-10-15)4-3-11-23-12-16-5-1-2-6-17(16)13-23/h1-2,5-10,12-13,18,24H,3-4,11H2. The van der Waals surface area contributed by atoms with Crippen LogP contribution in [0.4, 0.5) is 13.2 Å². The van der Waals surface area contributed by atoms with Crippen molar-refractivity contribution in [2.75, 3.05) is 0 Å². The number of aryl methyl sites for hydroxylation is 2. The first-order chi connectivity index (χ1) is 11.4. The van der Waals surface area contributed by atoms with E-state index in [1.807, 2.05) is 12.1 Å². The Kier molecular flexibility index (Phi) is 4.62. The maximum atomic E-state index is 12.5. The fourth-order valence-corrected chi connectivity index (χ4v) is 2.79. The summed E-state index contributed by atoms with van der Waals surface area (Å²) in [6.07, 6.45) is -1.19. The van der Waals surface area contributed by atoms with Crippen LogP contribution in [0.3, 0.4) is 0 Å². The van der Waals surface area contributed by atoms with Crippen LogP contribution in [-0.2, 0) is 13.0 Å². The van der Waals surface area contributed by atoms with Crippen LogP contribution in [0.1, 0.15) is 23.7 Å². The summed E-state index contributed by atoms with van der Waals surface area (Å²) < 4.78 is 39.5. The average molecular weight is 333 g/mol. The lowest BCUT2D eigenvalue weighted by atomic mass is 10.0. The summed E-state index contributed by atoms with van der Waals surface area (Å²) in [4.78, 5) is 0. The van der Waals surface area contributed by atoms with Gasteiger partial charge in [0.2, 0.25) is 0 Å². The maximum Gasteiger partial charge on any atom is 0.418 e. The van der Waals surface area contributed by atoms with Gasteiger partial charge in [-0.15, -0.1) is 0 Å². The van der Waals surface area contributed by atoms with Gasteiger partial charge in [-0.3, -0.25) is 0 Å². The van der Waals surface area contributed by atoms with Crippen molar-refractivity contribution in [2.45, 2.75) is 31.7 Å². The minimum Gasteiger partial charge on any atom is -0.379 e. The summed E-state index contributed by atoms with van der Waals surface area (Å²) in [6.45, 7) is 0.849. The van der Waals surface area contributed by atoms with Crippen LogP contribution in [0.2, 0.25) is 0 Å². The zero-order valence-corrected chi connectivity index (χ0v) is 13.0. The van der Waals surface area contributed by atoms with Gasteiger partial charge >= 0.3 is 6.18 Å². The van der Waals surface area contributed by atoms with Crippen LogP contribution in [-0.4, -0.2) is 15.8 Å². The van der Waals surface area contributed by atoms with Gasteiger partial charge in [0.05, 0.1) is 0 Å². The number of halogens is 3. The second-order valence-electron chi connectivity index (χ2n) is 5.91. The molecule has 0 radical (unpaired) electrons. The van der Waals surface area contributed by atoms with Gasteiger partial charge in [-0.25, -0.2) is 0 Å². The Morgan fingerprint density at radius 1 is 0.917 bits per heavy atom. The van der Waals surface area contributed by atoms with Gasteiger partial charge in [-0.1, -0.05) is 48.5 Å². The molecule has 1 aromatic heterocycles. The smallest absolute Gasteiger partial charge is 0.379 e. The molecule has 0 aliphatic heterocycles. The SMILES string of the molecule is OC(c1ccc(CCCn2cc3ccccc3c2)cc1)C(F)(F)F. The minimum atomic E-state index is -4.63. The molecule has 2 aromatic carbocycles. The highest BCUT2D eigenvalue weighted by Crippen LogP contribution is 2.32. The summed E-state index contributed by atoms with van der Waals surface area (Å²) in [7, 11) is 0. The van der Waals surface area contributed by atoms with Gasteiger partial charge in [0.1, 0.15) is 0 Å². The van der Waals surface area contributed by atoms with Crippen molar-refractivity contribution in [3.8, 4) is 0 Å². The molecular formula is C19H18F3NO. The predicted molar refractivity (Wildman–Crippen MR) is 87.7 cm³/mol. The summed E-state index contributed by atoms with van der Waals surface area (Å²) in [5, 5.41) is 11.6. The summed E-state index contributed by atoms with van der Waals surface area (Å²) >= 11 is 0. The molecule has 0 bridgehead atoms. The molecular weight excluding hydrogens is 315 g/mol. The quantitative estimate of drug-likeness (QED) is 0.708. The van der Waals surface area contributed by atoms with E-state index in [2.05, 4.69) is 29.1 Å². The predicted octanol–water partition coefficient (Wildman–Crippen LogP) is 4.87. The van der Waals surface area contributed by atoms with Crippen LogP contribution in [0, 0.1) is 0 Å². The van der Waals surface area contributed by atoms with Crippen LogP contribution in [0.25, 0.3) is 10.8 Å². The zero-order valence-electron chi connectivity index (χ0n) is 13.0. The molecule has 0 aliphatic carbocycles. The van der Waals surface area contributed by atoms with Crippen molar-refractivity contribution in [3.63, 3.8) is 0 Å². The molecule has 2 nitrogen and oxygen atoms in total. The Morgan fingerprint density at radius 2 is 1.50 bits per heavy atom. The van der Waals surface area contributed by atoms with Gasteiger partial charge in [0, 0.05) is 18.9 Å². The zero-order chi connectivity index (χ0) is 17.2. The van der Waals surface area contributed by atoms with E-state index in [1.54, 1.807) is 12.1 Å². The molecule has 1 unspecified atom stereocenters. The number of hydrogen-bond acceptors (Lipinski definition) is 1. The Labute approximate surface area is 138 Å². The molecule has 3 aromatic rings. The van der Waals surface area contributed by atoms with Crippen LogP contribution < -0.4 is 0 Å². The molecule has 126 valence electrons. The molecule has 0 fully saturated rings. The summed E-state index contributed by atoms with van der Waals surface area (Å²) in [6, 6.07) is 14.1. The van der Waals surface area contributed by atoms with E-state index >= 15 is 0 Å². The molecule has 1 atom stereocenters. The summed E-state index contributed by atoms with van der Waals surface area (Å²) in [5.74, 6) is 0. The van der Waals surface area contributed by atoms with Crippen molar-refractivity contribution in [2.24, 2.45) is 0 Å². The van der Waals surface area contributed by atoms with Crippen LogP contribution in [0.15, 0.2) is 60.9 Å². The van der Waals surface area contributed by atoms with Crippen LogP contribution >= 0.6 is 0 Å². The highest BCUT2D eigenvalue weighted by atomic mass is 19.4. The molecule has 0 saturated heterocycles. The second kappa shape index (κ2) is 6.69. The number of nitrogens with zero attached hydrogens (tertiary/aromatic N) is 1. The highest BCUT2D eigenvalue weighted by Gasteiger charge is 2.39. The number of fused-ring (bicyclic) bond motifs is 1. The van der Waals surface area contributed by atoms with Crippen molar-refractivity contribution in [1.82, 2.24) is 4.57 Å². The van der Waals surface area contributed by atoms with Crippen molar-refractivity contribution < 1.29 is 18.3 Å². The van der Waals surface area contributed by atoms with E-state index in [9.17, 15) is 18.3 Å². The fourth-order valence-electron chi connectivity index (χ4n) is 2.79. The van der Waals surface area contributed by atoms with E-state index < -0.39 is 12.3 Å². The molecule has 1 heterocycles. The van der Waals surface area contributed by atoms with Crippen molar-refractivity contribution in [3.05, 3.63) is 72.1 Å². The lowest BCUT2D eigenvalue weighted by Gasteiger charge is -2.15. The first-order valence-corrected chi connectivity index (χ1v) is 7.81. The van der Waals surface area contributed by atoms with Gasteiger partial charge in [0.25, 0.3) is 0 Å². The van der Waals surface area contributed by atoms with Crippen molar-refractivity contribution in [1.29, 1.82) is 0 Å². The van der Waals surface area contributed by atoms with E-state index in [4.69, 9.17) is 0 Å². The number of alkyl halides is 3. The Hall–Kier alpha value is -2.27. The largest absolute Gasteiger partial charge is 0.418 e. The van der Waals surface area contributed by atoms with E-state index in [-0.39, 0.29) is 5.56 Å². The normalized spacial score (nSPS) is 13.3. The fraction of sp³-hybridized carbons (Fsp3) is 0.263. The summed E-state index contributed by atoms with van der Waals surface area (Å²) in [5.41, 5.74) is 0.841. The molecule has 0 spiro atoms. The molecule has 3 rings (SSSR count). The Morgan fingerprint density at radius 3 is 2.04 bits per heavy atom. The third kappa shape index (κ3) is 3.79. The Balaban J connectivity index is 1.57. The first kappa shape index (κ1) is 16.6. The van der Waals surface area contributed by atoms with E-state index in [1.165, 1.54) is 22.9 Å². The van der Waals surface area contributed by atoms with Crippen molar-refractivity contribution >= 4 is 10.8 Å². The maximum absolute atomic E-state index is 12.5. The molecule has 0 saturated carbocycles. The van der Waals surface area contributed by atoms with Crippen LogP contribution in [0.5, 0.6) is 0 Å². The van der Waals surface area contributed by atoms with Gasteiger partial charge < -0.3 is 9.67 Å². The molecule has 24 heavy (non-hydrogen) atoms. The number of aliphatic hydroxyl groups is 1. The monoisotopic (exact) mass is 333 g/mol. The number of aliphatic hydroxyl groups excluding tert-OH is 1. The molecule has 1 N–H and O–H groups in total. The molecule has 0 aliphatic rings. The van der Waals surface area contributed by atoms with E-state index in [0.717, 1.165) is 24.9 Å². The van der Waals surface area contributed by atoms with Gasteiger partial charge in [0.15, 0.2) is 6.10 Å². The van der Waals surface area contributed by atoms with Gasteiger partial charge in [-0.2, -0.15) is 13.2 Å². The number of benzene rings is 2. The van der Waals surface area contributed by atoms with Gasteiger partial charge in [-0.05, 0) is 34.7 Å². The van der Waals surface area contributed by atoms with E-state index in [0.29, 0.717) is 0 Å². The highest BCUT2D eigenvalue weighted by molar-refractivity contribution is 5.81. The Bertz CT molecular complexity index is 772. The third-order valence-electron chi connectivity index (χ3n) is 4.09. The lowest BCUT2D eigenvalue weighted by Crippen LogP contribution is -2.20. The number of rotatable bonds is 5. The molecule has 5 heteroatoms. The third-order valence-corrected chi connectivity index (χ3v) is 4.09. The first-order valence-electron chi connectivity index (χ1n) is 7.81. The number of aromatic nitrogens is 1. The number of hydrogen-bond donors (Lipinski definition) is 1. The molecule has 0 amide bonds. The topological polar surface area (TPSA) is 25.2 Å². The lowest BCUT2D eigenvalue weighted by molar-refractivity contribution is -0.206. The minimum absolute atomic E-state index is 0.122.